The molecule has 9 heteroatoms. The van der Waals surface area contributed by atoms with Gasteiger partial charge in [0, 0.05) is 34.8 Å². The maximum Gasteiger partial charge on any atom is 0.306 e. The minimum absolute atomic E-state index is 0.00316. The van der Waals surface area contributed by atoms with Crippen LogP contribution in [0.2, 0.25) is 0 Å². The number of H-pyrrole nitrogens is 1. The minimum Gasteiger partial charge on any atom is -0.461 e. The number of aromatic nitrogens is 1. The van der Waals surface area contributed by atoms with E-state index in [4.69, 9.17) is 4.74 Å². The predicted molar refractivity (Wildman–Crippen MR) is 172 cm³/mol. The lowest BCUT2D eigenvalue weighted by molar-refractivity contribution is -0.145. The summed E-state index contributed by atoms with van der Waals surface area (Å²) in [6.45, 7) is 1.39. The molecule has 45 heavy (non-hydrogen) atoms. The second kappa shape index (κ2) is 14.1. The number of Topliss-reactive ketones (excluding diaryl/α,β-unsaturated/α-hetero) is 1. The molecule has 0 saturated heterocycles. The first-order valence-corrected chi connectivity index (χ1v) is 14.4. The van der Waals surface area contributed by atoms with Gasteiger partial charge in [-0.15, -0.1) is 0 Å². The van der Waals surface area contributed by atoms with Crippen LogP contribution in [0.5, 0.6) is 0 Å². The molecule has 0 spiro atoms. The molecule has 1 aromatic heterocycles. The lowest BCUT2D eigenvalue weighted by Crippen LogP contribution is -2.44. The quantitative estimate of drug-likeness (QED) is 0.132. The summed E-state index contributed by atoms with van der Waals surface area (Å²) in [4.78, 5) is 66.9. The molecule has 0 fully saturated rings. The maximum atomic E-state index is 13.5. The molecule has 0 aliphatic carbocycles. The Kier molecular flexibility index (Phi) is 9.59. The third-order valence-electron chi connectivity index (χ3n) is 7.28. The number of benzene rings is 4. The SMILES string of the molecule is CC(=O)c1c[nH]c2ccc(NC(=O)[C@H](CCC(=O)OCc3ccccc3)NC(=O)c3ccc(-c4ccccc4)cc3)cc2c1=O. The van der Waals surface area contributed by atoms with Crippen LogP contribution in [0, 0.1) is 0 Å². The van der Waals surface area contributed by atoms with Crippen molar-refractivity contribution in [1.29, 1.82) is 0 Å². The number of hydrogen-bond acceptors (Lipinski definition) is 6. The highest BCUT2D eigenvalue weighted by Crippen LogP contribution is 2.20. The number of nitrogens with one attached hydrogen (secondary N) is 3. The number of rotatable bonds is 11. The van der Waals surface area contributed by atoms with Gasteiger partial charge >= 0.3 is 5.97 Å². The molecule has 2 amide bonds. The summed E-state index contributed by atoms with van der Waals surface area (Å²) in [5.41, 5.74) is 3.42. The Hall–Kier alpha value is -5.83. The molecule has 226 valence electrons. The Morgan fingerprint density at radius 2 is 1.49 bits per heavy atom. The van der Waals surface area contributed by atoms with E-state index in [9.17, 15) is 24.0 Å². The van der Waals surface area contributed by atoms with E-state index < -0.39 is 29.3 Å². The number of ketones is 1. The second-order valence-corrected chi connectivity index (χ2v) is 10.5. The standard InChI is InChI=1S/C36H31N3O6/c1-23(40)30-21-37-31-17-16-28(20-29(31)34(30)42)38-36(44)32(18-19-33(41)45-22-24-8-4-2-5-9-24)39-35(43)27-14-12-26(13-15-27)25-10-6-3-7-11-25/h2-17,20-21,32H,18-19,22H2,1H3,(H,37,42)(H,38,44)(H,39,43)/t32-/m0/s1. The zero-order chi connectivity index (χ0) is 31.8. The summed E-state index contributed by atoms with van der Waals surface area (Å²) < 4.78 is 5.36. The van der Waals surface area contributed by atoms with E-state index in [0.29, 0.717) is 11.1 Å². The highest BCUT2D eigenvalue weighted by atomic mass is 16.5. The fraction of sp³-hybridized carbons (Fsp3) is 0.139. The van der Waals surface area contributed by atoms with Gasteiger partial charge in [0.25, 0.3) is 5.91 Å². The van der Waals surface area contributed by atoms with Crippen molar-refractivity contribution >= 4 is 40.2 Å². The van der Waals surface area contributed by atoms with E-state index in [1.807, 2.05) is 72.8 Å². The van der Waals surface area contributed by atoms with Gasteiger partial charge in [0.2, 0.25) is 5.91 Å². The molecular formula is C36H31N3O6. The van der Waals surface area contributed by atoms with Crippen molar-refractivity contribution in [3.05, 3.63) is 136 Å². The molecule has 5 rings (SSSR count). The fourth-order valence-electron chi connectivity index (χ4n) is 4.81. The van der Waals surface area contributed by atoms with Crippen molar-refractivity contribution in [2.45, 2.75) is 32.4 Å². The summed E-state index contributed by atoms with van der Waals surface area (Å²) in [6.07, 6.45) is 1.20. The summed E-state index contributed by atoms with van der Waals surface area (Å²) >= 11 is 0. The van der Waals surface area contributed by atoms with Crippen LogP contribution < -0.4 is 16.1 Å². The van der Waals surface area contributed by atoms with Crippen LogP contribution in [0.4, 0.5) is 5.69 Å². The van der Waals surface area contributed by atoms with Crippen molar-refractivity contribution in [3.63, 3.8) is 0 Å². The molecule has 1 atom stereocenters. The number of aromatic amines is 1. The number of carbonyl (C=O) groups is 4. The average molecular weight is 602 g/mol. The van der Waals surface area contributed by atoms with Gasteiger partial charge in [-0.2, -0.15) is 0 Å². The van der Waals surface area contributed by atoms with Crippen molar-refractivity contribution in [2.75, 3.05) is 5.32 Å². The van der Waals surface area contributed by atoms with Crippen LogP contribution >= 0.6 is 0 Å². The summed E-state index contributed by atoms with van der Waals surface area (Å²) in [6, 6.07) is 29.5. The zero-order valence-electron chi connectivity index (χ0n) is 24.5. The lowest BCUT2D eigenvalue weighted by Gasteiger charge is -2.19. The highest BCUT2D eigenvalue weighted by Gasteiger charge is 2.24. The molecule has 0 aliphatic rings. The number of carbonyl (C=O) groups excluding carboxylic acids is 4. The number of hydrogen-bond donors (Lipinski definition) is 3. The maximum absolute atomic E-state index is 13.5. The Morgan fingerprint density at radius 3 is 2.18 bits per heavy atom. The second-order valence-electron chi connectivity index (χ2n) is 10.5. The largest absolute Gasteiger partial charge is 0.461 e. The molecule has 9 nitrogen and oxygen atoms in total. The molecule has 0 radical (unpaired) electrons. The van der Waals surface area contributed by atoms with Gasteiger partial charge < -0.3 is 20.4 Å². The van der Waals surface area contributed by atoms with Crippen molar-refractivity contribution < 1.29 is 23.9 Å². The van der Waals surface area contributed by atoms with Crippen LogP contribution in [0.15, 0.2) is 114 Å². The van der Waals surface area contributed by atoms with Crippen LogP contribution in [-0.2, 0) is 20.9 Å². The molecule has 0 bridgehead atoms. The summed E-state index contributed by atoms with van der Waals surface area (Å²) in [7, 11) is 0. The Labute approximate surface area is 259 Å². The van der Waals surface area contributed by atoms with E-state index in [-0.39, 0.29) is 41.9 Å². The number of amides is 2. The van der Waals surface area contributed by atoms with Gasteiger partial charge in [-0.1, -0.05) is 72.8 Å². The highest BCUT2D eigenvalue weighted by molar-refractivity contribution is 6.03. The van der Waals surface area contributed by atoms with Crippen molar-refractivity contribution in [3.8, 4) is 11.1 Å². The first-order valence-electron chi connectivity index (χ1n) is 14.4. The van der Waals surface area contributed by atoms with Crippen LogP contribution in [0.25, 0.3) is 22.0 Å². The number of pyridine rings is 1. The summed E-state index contributed by atoms with van der Waals surface area (Å²) in [5, 5.41) is 5.70. The van der Waals surface area contributed by atoms with Gasteiger partial charge in [-0.3, -0.25) is 24.0 Å². The monoisotopic (exact) mass is 601 g/mol. The number of fused-ring (bicyclic) bond motifs is 1. The van der Waals surface area contributed by atoms with Crippen LogP contribution in [0.1, 0.15) is 46.0 Å². The molecule has 1 heterocycles. The molecule has 0 aliphatic heterocycles. The van der Waals surface area contributed by atoms with Gasteiger partial charge in [0.1, 0.15) is 12.6 Å². The van der Waals surface area contributed by atoms with Crippen LogP contribution in [0.3, 0.4) is 0 Å². The number of anilines is 1. The molecule has 5 aromatic rings. The molecule has 3 N–H and O–H groups in total. The van der Waals surface area contributed by atoms with Gasteiger partial charge in [-0.05, 0) is 60.4 Å². The van der Waals surface area contributed by atoms with Crippen molar-refractivity contribution in [2.24, 2.45) is 0 Å². The van der Waals surface area contributed by atoms with Gasteiger partial charge in [-0.25, -0.2) is 0 Å². The number of ether oxygens (including phenoxy) is 1. The Balaban J connectivity index is 1.32. The lowest BCUT2D eigenvalue weighted by atomic mass is 10.0. The van der Waals surface area contributed by atoms with Gasteiger partial charge in [0.05, 0.1) is 5.56 Å². The smallest absolute Gasteiger partial charge is 0.306 e. The van der Waals surface area contributed by atoms with E-state index in [1.165, 1.54) is 19.2 Å². The van der Waals surface area contributed by atoms with E-state index in [0.717, 1.165) is 16.7 Å². The molecule has 0 unspecified atom stereocenters. The Morgan fingerprint density at radius 1 is 0.822 bits per heavy atom. The fourth-order valence-corrected chi connectivity index (χ4v) is 4.81. The van der Waals surface area contributed by atoms with Crippen molar-refractivity contribution in [1.82, 2.24) is 10.3 Å². The average Bonchev–Trinajstić information content (AvgIpc) is 3.06. The topological polar surface area (TPSA) is 134 Å². The van der Waals surface area contributed by atoms with E-state index in [1.54, 1.807) is 24.3 Å². The summed E-state index contributed by atoms with van der Waals surface area (Å²) in [5.74, 6) is -1.98. The predicted octanol–water partition coefficient (Wildman–Crippen LogP) is 5.66. The van der Waals surface area contributed by atoms with Crippen LogP contribution in [-0.4, -0.2) is 34.6 Å². The normalized spacial score (nSPS) is 11.4. The first kappa shape index (κ1) is 30.6. The molecular weight excluding hydrogens is 570 g/mol. The zero-order valence-corrected chi connectivity index (χ0v) is 24.5. The van der Waals surface area contributed by atoms with E-state index >= 15 is 0 Å². The third-order valence-corrected chi connectivity index (χ3v) is 7.28. The third kappa shape index (κ3) is 7.77. The molecule has 4 aromatic carbocycles. The number of esters is 1. The minimum atomic E-state index is -1.10. The molecule has 0 saturated carbocycles. The first-order chi connectivity index (χ1) is 21.8. The Bertz CT molecular complexity index is 1900. The van der Waals surface area contributed by atoms with Gasteiger partial charge in [0.15, 0.2) is 11.2 Å². The van der Waals surface area contributed by atoms with E-state index in [2.05, 4.69) is 15.6 Å².